The Kier molecular flexibility index (Phi) is 6.77. The van der Waals surface area contributed by atoms with Gasteiger partial charge in [0.05, 0.1) is 18.4 Å². The highest BCUT2D eigenvalue weighted by Crippen LogP contribution is 2.31. The molecule has 0 aliphatic carbocycles. The number of nitrogens with one attached hydrogen (secondary N) is 2. The molecule has 8 nitrogen and oxygen atoms in total. The molecule has 0 bridgehead atoms. The average molecular weight is 491 g/mol. The van der Waals surface area contributed by atoms with Crippen LogP contribution in [0.5, 0.6) is 0 Å². The molecular formula is C26H27ClN6O2. The van der Waals surface area contributed by atoms with Crippen LogP contribution in [0, 0.1) is 6.92 Å². The second kappa shape index (κ2) is 10.1. The number of pyridine rings is 2. The minimum absolute atomic E-state index is 0.0460. The van der Waals surface area contributed by atoms with Crippen molar-refractivity contribution in [1.29, 1.82) is 0 Å². The summed E-state index contributed by atoms with van der Waals surface area (Å²) in [6, 6.07) is 13.4. The van der Waals surface area contributed by atoms with Crippen molar-refractivity contribution in [2.45, 2.75) is 26.0 Å². The lowest BCUT2D eigenvalue weighted by Gasteiger charge is -2.24. The van der Waals surface area contributed by atoms with Crippen molar-refractivity contribution in [2.24, 2.45) is 0 Å². The Hall–Kier alpha value is -3.33. The van der Waals surface area contributed by atoms with Crippen molar-refractivity contribution in [3.63, 3.8) is 0 Å². The van der Waals surface area contributed by atoms with E-state index in [1.54, 1.807) is 17.8 Å². The molecule has 0 radical (unpaired) electrons. The number of benzene rings is 1. The van der Waals surface area contributed by atoms with Gasteiger partial charge in [0.25, 0.3) is 5.56 Å². The van der Waals surface area contributed by atoms with Crippen LogP contribution in [-0.4, -0.2) is 52.4 Å². The summed E-state index contributed by atoms with van der Waals surface area (Å²) in [5, 5.41) is 7.54. The van der Waals surface area contributed by atoms with Crippen LogP contribution >= 0.6 is 11.6 Å². The van der Waals surface area contributed by atoms with Crippen molar-refractivity contribution < 1.29 is 4.74 Å². The van der Waals surface area contributed by atoms with Crippen LogP contribution < -0.4 is 16.2 Å². The number of rotatable bonds is 6. The first-order valence-electron chi connectivity index (χ1n) is 11.7. The molecule has 9 heteroatoms. The number of hydrogen-bond donors (Lipinski definition) is 2. The number of nitrogens with zero attached hydrogens (tertiary/aromatic N) is 4. The number of halogens is 1. The molecule has 0 amide bonds. The summed E-state index contributed by atoms with van der Waals surface area (Å²) in [4.78, 5) is 27.3. The van der Waals surface area contributed by atoms with E-state index in [0.29, 0.717) is 47.3 Å². The van der Waals surface area contributed by atoms with Gasteiger partial charge in [0.15, 0.2) is 0 Å². The number of ether oxygens (including phenoxy) is 1. The lowest BCUT2D eigenvalue weighted by molar-refractivity contribution is 0.0211. The predicted molar refractivity (Wildman–Crippen MR) is 139 cm³/mol. The molecule has 1 aliphatic heterocycles. The molecule has 180 valence electrons. The first-order valence-corrected chi connectivity index (χ1v) is 12.1. The van der Waals surface area contributed by atoms with Gasteiger partial charge in [-0.3, -0.25) is 14.3 Å². The maximum Gasteiger partial charge on any atom is 0.260 e. The molecule has 1 aliphatic rings. The third kappa shape index (κ3) is 4.91. The van der Waals surface area contributed by atoms with Gasteiger partial charge in [0, 0.05) is 65.7 Å². The lowest BCUT2D eigenvalue weighted by atomic mass is 10.0. The van der Waals surface area contributed by atoms with E-state index in [1.165, 1.54) is 0 Å². The van der Waals surface area contributed by atoms with Crippen molar-refractivity contribution in [3.8, 4) is 22.4 Å². The standard InChI is InChI=1S/C26H27ClN6O2/c1-16-4-3-5-23(31-16)17-6-7-20(22(27)13-17)21-12-18-14-30-26(28-2)32-24(18)33(25(21)34)10-8-19-15-29-9-11-35-19/h3-7,12-14,19,29H,8-11,15H2,1-2H3,(H,28,30,32)/t19-/m0/s1. The van der Waals surface area contributed by atoms with E-state index in [0.717, 1.165) is 35.4 Å². The molecular weight excluding hydrogens is 464 g/mol. The molecule has 1 atom stereocenters. The molecule has 0 saturated carbocycles. The highest BCUT2D eigenvalue weighted by Gasteiger charge is 2.19. The SMILES string of the molecule is CNc1ncc2cc(-c3ccc(-c4cccc(C)n4)cc3Cl)c(=O)n(CC[C@H]3CNCCO3)c2n1. The summed E-state index contributed by atoms with van der Waals surface area (Å²) in [5.74, 6) is 0.460. The van der Waals surface area contributed by atoms with E-state index >= 15 is 0 Å². The van der Waals surface area contributed by atoms with Crippen molar-refractivity contribution in [3.05, 3.63) is 69.7 Å². The van der Waals surface area contributed by atoms with Gasteiger partial charge < -0.3 is 15.4 Å². The topological polar surface area (TPSA) is 94.0 Å². The molecule has 3 aromatic heterocycles. The van der Waals surface area contributed by atoms with Crippen LogP contribution in [0.2, 0.25) is 5.02 Å². The highest BCUT2D eigenvalue weighted by molar-refractivity contribution is 6.33. The molecule has 1 saturated heterocycles. The van der Waals surface area contributed by atoms with Crippen molar-refractivity contribution in [2.75, 3.05) is 32.1 Å². The quantitative estimate of drug-likeness (QED) is 0.423. The van der Waals surface area contributed by atoms with Crippen molar-refractivity contribution in [1.82, 2.24) is 24.8 Å². The minimum Gasteiger partial charge on any atom is -0.376 e. The summed E-state index contributed by atoms with van der Waals surface area (Å²) in [5.41, 5.74) is 4.27. The fourth-order valence-corrected chi connectivity index (χ4v) is 4.64. The molecule has 35 heavy (non-hydrogen) atoms. The molecule has 4 heterocycles. The molecule has 5 rings (SSSR count). The number of aromatic nitrogens is 4. The molecule has 1 fully saturated rings. The van der Waals surface area contributed by atoms with Gasteiger partial charge in [-0.1, -0.05) is 29.8 Å². The Balaban J connectivity index is 1.58. The van der Waals surface area contributed by atoms with Gasteiger partial charge in [-0.05, 0) is 37.6 Å². The maximum absolute atomic E-state index is 13.8. The van der Waals surface area contributed by atoms with E-state index in [2.05, 4.69) is 25.6 Å². The van der Waals surface area contributed by atoms with E-state index in [-0.39, 0.29) is 11.7 Å². The van der Waals surface area contributed by atoms with Gasteiger partial charge in [-0.15, -0.1) is 0 Å². The number of hydrogen-bond acceptors (Lipinski definition) is 7. The number of morpholine rings is 1. The van der Waals surface area contributed by atoms with Gasteiger partial charge in [-0.25, -0.2) is 4.98 Å². The van der Waals surface area contributed by atoms with Gasteiger partial charge in [-0.2, -0.15) is 4.98 Å². The number of fused-ring (bicyclic) bond motifs is 1. The van der Waals surface area contributed by atoms with Crippen LogP contribution in [0.1, 0.15) is 12.1 Å². The van der Waals surface area contributed by atoms with E-state index in [1.807, 2.05) is 49.4 Å². The van der Waals surface area contributed by atoms with E-state index in [4.69, 9.17) is 16.3 Å². The summed E-state index contributed by atoms with van der Waals surface area (Å²) >= 11 is 6.73. The first kappa shape index (κ1) is 23.4. The Morgan fingerprint density at radius 1 is 1.20 bits per heavy atom. The van der Waals surface area contributed by atoms with E-state index in [9.17, 15) is 4.79 Å². The fraction of sp³-hybridized carbons (Fsp3) is 0.308. The van der Waals surface area contributed by atoms with Crippen LogP contribution in [0.25, 0.3) is 33.4 Å². The monoisotopic (exact) mass is 490 g/mol. The lowest BCUT2D eigenvalue weighted by Crippen LogP contribution is -2.39. The largest absolute Gasteiger partial charge is 0.376 e. The molecule has 0 unspecified atom stereocenters. The third-order valence-electron chi connectivity index (χ3n) is 6.17. The Labute approximate surface area is 208 Å². The van der Waals surface area contributed by atoms with Crippen LogP contribution in [-0.2, 0) is 11.3 Å². The molecule has 0 spiro atoms. The van der Waals surface area contributed by atoms with E-state index < -0.39 is 0 Å². The second-order valence-electron chi connectivity index (χ2n) is 8.58. The second-order valence-corrected chi connectivity index (χ2v) is 8.99. The summed E-state index contributed by atoms with van der Waals surface area (Å²) in [6.45, 7) is 4.71. The number of anilines is 1. The zero-order valence-corrected chi connectivity index (χ0v) is 20.5. The first-order chi connectivity index (χ1) is 17.0. The predicted octanol–water partition coefficient (Wildman–Crippen LogP) is 3.90. The Bertz CT molecular complexity index is 1430. The highest BCUT2D eigenvalue weighted by atomic mass is 35.5. The number of aryl methyl sites for hydroxylation is 2. The summed E-state index contributed by atoms with van der Waals surface area (Å²) < 4.78 is 7.55. The molecule has 1 aromatic carbocycles. The van der Waals surface area contributed by atoms with Crippen molar-refractivity contribution >= 4 is 28.6 Å². The smallest absolute Gasteiger partial charge is 0.260 e. The van der Waals surface area contributed by atoms with Gasteiger partial charge in [0.2, 0.25) is 5.95 Å². The minimum atomic E-state index is -0.148. The normalized spacial score (nSPS) is 15.9. The van der Waals surface area contributed by atoms with Gasteiger partial charge >= 0.3 is 0 Å². The molecule has 2 N–H and O–H groups in total. The third-order valence-corrected chi connectivity index (χ3v) is 6.49. The zero-order chi connectivity index (χ0) is 24.4. The Morgan fingerprint density at radius 2 is 2.09 bits per heavy atom. The maximum atomic E-state index is 13.8. The Morgan fingerprint density at radius 3 is 2.83 bits per heavy atom. The van der Waals surface area contributed by atoms with Crippen LogP contribution in [0.3, 0.4) is 0 Å². The van der Waals surface area contributed by atoms with Gasteiger partial charge in [0.1, 0.15) is 5.65 Å². The summed E-state index contributed by atoms with van der Waals surface area (Å²) in [6.07, 6.45) is 2.46. The van der Waals surface area contributed by atoms with Crippen LogP contribution in [0.4, 0.5) is 5.95 Å². The average Bonchev–Trinajstić information content (AvgIpc) is 2.88. The fourth-order valence-electron chi connectivity index (χ4n) is 4.35. The summed E-state index contributed by atoms with van der Waals surface area (Å²) in [7, 11) is 1.75. The van der Waals surface area contributed by atoms with Crippen LogP contribution in [0.15, 0.2) is 53.5 Å². The zero-order valence-electron chi connectivity index (χ0n) is 19.7. The molecule has 4 aromatic rings.